The van der Waals surface area contributed by atoms with Crippen LogP contribution in [0.5, 0.6) is 0 Å². The molecule has 0 radical (unpaired) electrons. The van der Waals surface area contributed by atoms with Gasteiger partial charge in [0.05, 0.1) is 12.5 Å². The Balaban J connectivity index is 3.71. The molecule has 2 nitrogen and oxygen atoms in total. The van der Waals surface area contributed by atoms with Crippen LogP contribution in [-0.2, 0) is 8.85 Å². The molecule has 0 spiro atoms. The molecule has 0 aliphatic carbocycles. The third-order valence-electron chi connectivity index (χ3n) is 2.34. The van der Waals surface area contributed by atoms with E-state index in [-0.39, 0.29) is 0 Å². The van der Waals surface area contributed by atoms with Crippen LogP contribution in [0.4, 0.5) is 0 Å². The van der Waals surface area contributed by atoms with E-state index in [1.54, 1.807) is 0 Å². The highest BCUT2D eigenvalue weighted by Crippen LogP contribution is 2.09. The topological polar surface area (TPSA) is 18.5 Å². The van der Waals surface area contributed by atoms with Gasteiger partial charge in [-0.3, -0.25) is 0 Å². The minimum atomic E-state index is -2.00. The molecule has 0 bridgehead atoms. The zero-order chi connectivity index (χ0) is 13.0. The summed E-state index contributed by atoms with van der Waals surface area (Å²) in [5, 5.41) is 0. The summed E-state index contributed by atoms with van der Waals surface area (Å²) in [5.41, 5.74) is 0. The van der Waals surface area contributed by atoms with E-state index in [1.165, 1.54) is 25.7 Å². The molecular formula is C14H28O2Si. The highest BCUT2D eigenvalue weighted by molar-refractivity contribution is 6.64. The van der Waals surface area contributed by atoms with Crippen LogP contribution in [0.15, 0.2) is 24.7 Å². The first-order valence-corrected chi connectivity index (χ1v) is 9.59. The van der Waals surface area contributed by atoms with Gasteiger partial charge in [-0.2, -0.15) is 0 Å². The van der Waals surface area contributed by atoms with Crippen LogP contribution < -0.4 is 0 Å². The van der Waals surface area contributed by atoms with E-state index in [4.69, 9.17) is 8.85 Å². The normalized spacial score (nSPS) is 12.5. The van der Waals surface area contributed by atoms with Gasteiger partial charge < -0.3 is 8.85 Å². The largest absolute Gasteiger partial charge is 0.519 e. The van der Waals surface area contributed by atoms with Gasteiger partial charge in [0.2, 0.25) is 0 Å². The predicted molar refractivity (Wildman–Crippen MR) is 77.0 cm³/mol. The fraction of sp³-hybridized carbons (Fsp3) is 0.714. The summed E-state index contributed by atoms with van der Waals surface area (Å²) in [7, 11) is -2.00. The minimum Gasteiger partial charge on any atom is -0.519 e. The van der Waals surface area contributed by atoms with Gasteiger partial charge in [-0.1, -0.05) is 38.8 Å². The lowest BCUT2D eigenvalue weighted by Gasteiger charge is -2.19. The predicted octanol–water partition coefficient (Wildman–Crippen LogP) is 5.13. The molecule has 3 heteroatoms. The summed E-state index contributed by atoms with van der Waals surface area (Å²) in [5.74, 6) is 0. The van der Waals surface area contributed by atoms with Crippen LogP contribution in [0.2, 0.25) is 13.1 Å². The van der Waals surface area contributed by atoms with Crippen molar-refractivity contribution in [2.24, 2.45) is 0 Å². The van der Waals surface area contributed by atoms with E-state index in [1.807, 2.05) is 12.5 Å². The Bertz CT molecular complexity index is 200. The Morgan fingerprint density at radius 2 is 1.24 bits per heavy atom. The number of unbranched alkanes of at least 4 members (excludes halogenated alkanes) is 4. The molecule has 0 aromatic rings. The van der Waals surface area contributed by atoms with Crippen molar-refractivity contribution in [2.75, 3.05) is 0 Å². The van der Waals surface area contributed by atoms with Gasteiger partial charge in [0, 0.05) is 13.1 Å². The molecule has 0 amide bonds. The second-order valence-electron chi connectivity index (χ2n) is 4.66. The van der Waals surface area contributed by atoms with Crippen molar-refractivity contribution in [3.05, 3.63) is 24.7 Å². The number of rotatable bonds is 10. The van der Waals surface area contributed by atoms with Gasteiger partial charge >= 0.3 is 8.56 Å². The Morgan fingerprint density at radius 3 is 1.59 bits per heavy atom. The smallest absolute Gasteiger partial charge is 0.453 e. The lowest BCUT2D eigenvalue weighted by atomic mass is 10.2. The quantitative estimate of drug-likeness (QED) is 0.306. The highest BCUT2D eigenvalue weighted by atomic mass is 28.4. The first-order valence-electron chi connectivity index (χ1n) is 6.78. The molecule has 0 saturated carbocycles. The van der Waals surface area contributed by atoms with Crippen molar-refractivity contribution < 1.29 is 8.85 Å². The fourth-order valence-electron chi connectivity index (χ4n) is 1.23. The van der Waals surface area contributed by atoms with E-state index in [0.29, 0.717) is 0 Å². The number of hydrogen-bond acceptors (Lipinski definition) is 2. The molecule has 0 fully saturated rings. The van der Waals surface area contributed by atoms with Crippen LogP contribution in [0, 0.1) is 0 Å². The zero-order valence-corrected chi connectivity index (χ0v) is 12.9. The van der Waals surface area contributed by atoms with E-state index in [9.17, 15) is 0 Å². The molecule has 0 N–H and O–H groups in total. The Kier molecular flexibility index (Phi) is 10.0. The molecule has 0 aromatic carbocycles. The monoisotopic (exact) mass is 256 g/mol. The van der Waals surface area contributed by atoms with Gasteiger partial charge in [0.25, 0.3) is 0 Å². The summed E-state index contributed by atoms with van der Waals surface area (Å²) in [6.45, 7) is 8.50. The summed E-state index contributed by atoms with van der Waals surface area (Å²) < 4.78 is 11.3. The van der Waals surface area contributed by atoms with Gasteiger partial charge in [-0.25, -0.2) is 0 Å². The third kappa shape index (κ3) is 11.6. The molecule has 0 saturated heterocycles. The molecule has 100 valence electrons. The minimum absolute atomic E-state index is 1.09. The number of hydrogen-bond donors (Lipinski definition) is 0. The second kappa shape index (κ2) is 10.5. The second-order valence-corrected chi connectivity index (χ2v) is 7.93. The maximum atomic E-state index is 5.67. The van der Waals surface area contributed by atoms with Crippen molar-refractivity contribution in [1.82, 2.24) is 0 Å². The fourth-order valence-corrected chi connectivity index (χ4v) is 2.14. The van der Waals surface area contributed by atoms with Crippen molar-refractivity contribution >= 4 is 8.56 Å². The van der Waals surface area contributed by atoms with Crippen LogP contribution >= 0.6 is 0 Å². The van der Waals surface area contributed by atoms with E-state index in [0.717, 1.165) is 12.8 Å². The lowest BCUT2D eigenvalue weighted by Crippen LogP contribution is -2.30. The average molecular weight is 256 g/mol. The molecule has 0 heterocycles. The molecule has 0 atom stereocenters. The first-order chi connectivity index (χ1) is 8.12. The SMILES string of the molecule is CCCC/C=C\O[Si](C)(C)O/C=C/CCCC. The summed E-state index contributed by atoms with van der Waals surface area (Å²) >= 11 is 0. The average Bonchev–Trinajstić information content (AvgIpc) is 2.28. The van der Waals surface area contributed by atoms with Crippen LogP contribution in [-0.4, -0.2) is 8.56 Å². The maximum absolute atomic E-state index is 5.67. The summed E-state index contributed by atoms with van der Waals surface area (Å²) in [6, 6.07) is 0. The highest BCUT2D eigenvalue weighted by Gasteiger charge is 2.25. The molecule has 0 rings (SSSR count). The van der Waals surface area contributed by atoms with Crippen molar-refractivity contribution in [2.45, 2.75) is 65.5 Å². The molecule has 0 aliphatic heterocycles. The van der Waals surface area contributed by atoms with E-state index < -0.39 is 8.56 Å². The van der Waals surface area contributed by atoms with Crippen LogP contribution in [0.1, 0.15) is 52.4 Å². The third-order valence-corrected chi connectivity index (χ3v) is 3.75. The maximum Gasteiger partial charge on any atom is 0.453 e. The van der Waals surface area contributed by atoms with Crippen molar-refractivity contribution in [3.8, 4) is 0 Å². The summed E-state index contributed by atoms with van der Waals surface area (Å²) in [6.07, 6.45) is 14.9. The molecule has 0 unspecified atom stereocenters. The number of allylic oxidation sites excluding steroid dienone is 2. The molecular weight excluding hydrogens is 228 g/mol. The standard InChI is InChI=1S/C14H28O2Si/c1-5-7-9-11-13-15-17(3,4)16-14-12-10-8-6-2/h11-14H,5-10H2,1-4H3/b13-11-,14-12+. The summed E-state index contributed by atoms with van der Waals surface area (Å²) in [4.78, 5) is 0. The Labute approximate surface area is 108 Å². The molecule has 0 aliphatic rings. The zero-order valence-electron chi connectivity index (χ0n) is 11.9. The first kappa shape index (κ1) is 16.3. The van der Waals surface area contributed by atoms with Gasteiger partial charge in [-0.05, 0) is 25.7 Å². The molecule has 17 heavy (non-hydrogen) atoms. The van der Waals surface area contributed by atoms with Crippen LogP contribution in [0.25, 0.3) is 0 Å². The van der Waals surface area contributed by atoms with Gasteiger partial charge in [-0.15, -0.1) is 0 Å². The lowest BCUT2D eigenvalue weighted by molar-refractivity contribution is 0.318. The Hall–Kier alpha value is -0.703. The van der Waals surface area contributed by atoms with Gasteiger partial charge in [0.15, 0.2) is 0 Å². The van der Waals surface area contributed by atoms with E-state index in [2.05, 4.69) is 39.1 Å². The molecule has 0 aromatic heterocycles. The van der Waals surface area contributed by atoms with Crippen molar-refractivity contribution in [3.63, 3.8) is 0 Å². The van der Waals surface area contributed by atoms with Crippen LogP contribution in [0.3, 0.4) is 0 Å². The Morgan fingerprint density at radius 1 is 0.824 bits per heavy atom. The van der Waals surface area contributed by atoms with Gasteiger partial charge in [0.1, 0.15) is 0 Å². The van der Waals surface area contributed by atoms with Crippen molar-refractivity contribution in [1.29, 1.82) is 0 Å². The van der Waals surface area contributed by atoms with E-state index >= 15 is 0 Å².